The van der Waals surface area contributed by atoms with E-state index in [0.29, 0.717) is 17.1 Å². The lowest BCUT2D eigenvalue weighted by Gasteiger charge is -2.01. The molecular weight excluding hydrogens is 217 g/mol. The summed E-state index contributed by atoms with van der Waals surface area (Å²) in [4.78, 5) is 0. The molecule has 0 bridgehead atoms. The molecule has 0 amide bonds. The maximum Gasteiger partial charge on any atom is 0.126 e. The number of nitrogens with zero attached hydrogens (tertiary/aromatic N) is 3. The quantitative estimate of drug-likeness (QED) is 0.735. The van der Waals surface area contributed by atoms with Gasteiger partial charge < -0.3 is 0 Å². The fourth-order valence-corrected chi connectivity index (χ4v) is 1.38. The van der Waals surface area contributed by atoms with Crippen molar-refractivity contribution in [2.75, 3.05) is 0 Å². The van der Waals surface area contributed by atoms with Crippen LogP contribution in [-0.4, -0.2) is 15.0 Å². The molecule has 0 N–H and O–H groups in total. The van der Waals surface area contributed by atoms with E-state index in [2.05, 4.69) is 10.3 Å². The van der Waals surface area contributed by atoms with Crippen molar-refractivity contribution in [3.63, 3.8) is 0 Å². The molecule has 0 unspecified atom stereocenters. The van der Waals surface area contributed by atoms with Gasteiger partial charge in [0.15, 0.2) is 0 Å². The number of hydrogen-bond donors (Lipinski definition) is 0. The Balaban J connectivity index is 2.40. The summed E-state index contributed by atoms with van der Waals surface area (Å²) >= 11 is 5.61. The second-order valence-electron chi connectivity index (χ2n) is 3.22. The third-order valence-electron chi connectivity index (χ3n) is 2.08. The molecular formula is C10H9ClFN3. The van der Waals surface area contributed by atoms with Crippen LogP contribution in [0, 0.1) is 12.7 Å². The van der Waals surface area contributed by atoms with Gasteiger partial charge in [-0.1, -0.05) is 5.21 Å². The smallest absolute Gasteiger partial charge is 0.126 e. The Morgan fingerprint density at radius 2 is 2.27 bits per heavy atom. The van der Waals surface area contributed by atoms with Crippen LogP contribution < -0.4 is 0 Å². The molecule has 2 aromatic rings. The number of aromatic nitrogens is 3. The molecule has 3 nitrogen and oxygen atoms in total. The van der Waals surface area contributed by atoms with Crippen molar-refractivity contribution in [1.29, 1.82) is 0 Å². The summed E-state index contributed by atoms with van der Waals surface area (Å²) in [6.45, 7) is 1.71. The van der Waals surface area contributed by atoms with Crippen LogP contribution in [0.5, 0.6) is 0 Å². The SMILES string of the molecule is Cc1cc(-n2cc(CCl)nn2)ccc1F. The summed E-state index contributed by atoms with van der Waals surface area (Å²) in [5.41, 5.74) is 2.05. The predicted molar refractivity (Wildman–Crippen MR) is 55.6 cm³/mol. The number of aryl methyl sites for hydroxylation is 1. The third kappa shape index (κ3) is 1.99. The highest BCUT2D eigenvalue weighted by Gasteiger charge is 2.03. The molecule has 0 radical (unpaired) electrons. The molecule has 15 heavy (non-hydrogen) atoms. The van der Waals surface area contributed by atoms with Gasteiger partial charge >= 0.3 is 0 Å². The summed E-state index contributed by atoms with van der Waals surface area (Å²) in [5, 5.41) is 7.74. The number of alkyl halides is 1. The van der Waals surface area contributed by atoms with Gasteiger partial charge in [0.25, 0.3) is 0 Å². The molecule has 0 aliphatic rings. The Kier molecular flexibility index (Phi) is 2.68. The van der Waals surface area contributed by atoms with Crippen LogP contribution >= 0.6 is 11.6 Å². The number of benzene rings is 1. The average molecular weight is 226 g/mol. The first kappa shape index (κ1) is 10.1. The summed E-state index contributed by atoms with van der Waals surface area (Å²) in [7, 11) is 0. The minimum absolute atomic E-state index is 0.226. The Bertz CT molecular complexity index is 481. The van der Waals surface area contributed by atoms with Gasteiger partial charge in [-0.3, -0.25) is 0 Å². The fraction of sp³-hybridized carbons (Fsp3) is 0.200. The number of halogens is 2. The van der Waals surface area contributed by atoms with Gasteiger partial charge in [0.1, 0.15) is 5.82 Å². The fourth-order valence-electron chi connectivity index (χ4n) is 1.26. The maximum absolute atomic E-state index is 13.0. The monoisotopic (exact) mass is 225 g/mol. The van der Waals surface area contributed by atoms with Gasteiger partial charge in [0.2, 0.25) is 0 Å². The van der Waals surface area contributed by atoms with Gasteiger partial charge in [-0.2, -0.15) is 0 Å². The van der Waals surface area contributed by atoms with E-state index < -0.39 is 0 Å². The summed E-state index contributed by atoms with van der Waals surface area (Å²) in [6, 6.07) is 4.77. The molecule has 0 aliphatic carbocycles. The normalized spacial score (nSPS) is 10.6. The molecule has 0 aliphatic heterocycles. The summed E-state index contributed by atoms with van der Waals surface area (Å²) in [6.07, 6.45) is 1.72. The lowest BCUT2D eigenvalue weighted by Crippen LogP contribution is -1.96. The second kappa shape index (κ2) is 3.98. The summed E-state index contributed by atoms with van der Waals surface area (Å²) in [5.74, 6) is 0.0941. The molecule has 0 saturated carbocycles. The van der Waals surface area contributed by atoms with Gasteiger partial charge in [-0.05, 0) is 30.7 Å². The maximum atomic E-state index is 13.0. The first-order valence-electron chi connectivity index (χ1n) is 4.44. The van der Waals surface area contributed by atoms with Crippen molar-refractivity contribution in [3.8, 4) is 5.69 Å². The molecule has 78 valence electrons. The van der Waals surface area contributed by atoms with Gasteiger partial charge in [0, 0.05) is 0 Å². The average Bonchev–Trinajstić information content (AvgIpc) is 2.70. The van der Waals surface area contributed by atoms with E-state index >= 15 is 0 Å². The lowest BCUT2D eigenvalue weighted by atomic mass is 10.2. The Labute approximate surface area is 91.5 Å². The number of hydrogen-bond acceptors (Lipinski definition) is 2. The minimum atomic E-state index is -0.226. The van der Waals surface area contributed by atoms with E-state index in [1.54, 1.807) is 29.9 Å². The first-order valence-corrected chi connectivity index (χ1v) is 4.98. The molecule has 0 fully saturated rings. The second-order valence-corrected chi connectivity index (χ2v) is 3.49. The van der Waals surface area contributed by atoms with Crippen LogP contribution in [0.25, 0.3) is 5.69 Å². The van der Waals surface area contributed by atoms with Crippen molar-refractivity contribution in [2.45, 2.75) is 12.8 Å². The predicted octanol–water partition coefficient (Wildman–Crippen LogP) is 2.45. The van der Waals surface area contributed by atoms with Gasteiger partial charge in [-0.15, -0.1) is 16.7 Å². The number of rotatable bonds is 2. The van der Waals surface area contributed by atoms with Crippen LogP contribution in [0.3, 0.4) is 0 Å². The third-order valence-corrected chi connectivity index (χ3v) is 2.36. The molecule has 0 spiro atoms. The van der Waals surface area contributed by atoms with Crippen LogP contribution in [0.2, 0.25) is 0 Å². The zero-order chi connectivity index (χ0) is 10.8. The lowest BCUT2D eigenvalue weighted by molar-refractivity contribution is 0.617. The van der Waals surface area contributed by atoms with Crippen molar-refractivity contribution in [1.82, 2.24) is 15.0 Å². The highest BCUT2D eigenvalue weighted by Crippen LogP contribution is 2.13. The molecule has 1 aromatic carbocycles. The van der Waals surface area contributed by atoms with Gasteiger partial charge in [-0.25, -0.2) is 9.07 Å². The molecule has 0 atom stereocenters. The van der Waals surface area contributed by atoms with Crippen molar-refractivity contribution in [2.24, 2.45) is 0 Å². The van der Waals surface area contributed by atoms with Crippen molar-refractivity contribution in [3.05, 3.63) is 41.5 Å². The largest absolute Gasteiger partial charge is 0.220 e. The molecule has 2 rings (SSSR count). The van der Waals surface area contributed by atoms with Gasteiger partial charge in [0.05, 0.1) is 23.5 Å². The van der Waals surface area contributed by atoms with Crippen molar-refractivity contribution >= 4 is 11.6 Å². The Morgan fingerprint density at radius 1 is 1.47 bits per heavy atom. The first-order chi connectivity index (χ1) is 7.20. The zero-order valence-electron chi connectivity index (χ0n) is 8.11. The van der Waals surface area contributed by atoms with E-state index in [9.17, 15) is 4.39 Å². The summed E-state index contributed by atoms with van der Waals surface area (Å²) < 4.78 is 14.6. The van der Waals surface area contributed by atoms with E-state index in [1.165, 1.54) is 6.07 Å². The Hall–Kier alpha value is -1.42. The Morgan fingerprint density at radius 3 is 2.87 bits per heavy atom. The molecule has 0 saturated heterocycles. The molecule has 5 heteroatoms. The van der Waals surface area contributed by atoms with Crippen LogP contribution in [0.4, 0.5) is 4.39 Å². The molecule has 1 heterocycles. The standard InChI is InChI=1S/C10H9ClFN3/c1-7-4-9(2-3-10(7)12)15-6-8(5-11)13-14-15/h2-4,6H,5H2,1H3. The van der Waals surface area contributed by atoms with Crippen LogP contribution in [-0.2, 0) is 5.88 Å². The highest BCUT2D eigenvalue weighted by atomic mass is 35.5. The van der Waals surface area contributed by atoms with Crippen molar-refractivity contribution < 1.29 is 4.39 Å². The van der Waals surface area contributed by atoms with Crippen LogP contribution in [0.15, 0.2) is 24.4 Å². The van der Waals surface area contributed by atoms with E-state index in [1.807, 2.05) is 0 Å². The van der Waals surface area contributed by atoms with E-state index in [-0.39, 0.29) is 5.82 Å². The van der Waals surface area contributed by atoms with E-state index in [0.717, 1.165) is 5.69 Å². The van der Waals surface area contributed by atoms with E-state index in [4.69, 9.17) is 11.6 Å². The topological polar surface area (TPSA) is 30.7 Å². The highest BCUT2D eigenvalue weighted by molar-refractivity contribution is 6.16. The van der Waals surface area contributed by atoms with Crippen LogP contribution in [0.1, 0.15) is 11.3 Å². The molecule has 1 aromatic heterocycles. The zero-order valence-corrected chi connectivity index (χ0v) is 8.87. The minimum Gasteiger partial charge on any atom is -0.220 e.